The number of aromatic nitrogens is 2. The molecule has 0 amide bonds. The summed E-state index contributed by atoms with van der Waals surface area (Å²) < 4.78 is 13.4. The van der Waals surface area contributed by atoms with Gasteiger partial charge in [0.2, 0.25) is 0 Å². The van der Waals surface area contributed by atoms with Crippen molar-refractivity contribution >= 4 is 16.7 Å². The van der Waals surface area contributed by atoms with Crippen molar-refractivity contribution in [2.75, 3.05) is 5.32 Å². The zero-order chi connectivity index (χ0) is 13.2. The fraction of sp³-hybridized carbons (Fsp3) is 0.133. The second kappa shape index (κ2) is 4.72. The second-order valence-electron chi connectivity index (χ2n) is 4.48. The Balaban J connectivity index is 1.84. The monoisotopic (exact) mass is 255 g/mol. The minimum atomic E-state index is -0.189. The van der Waals surface area contributed by atoms with E-state index >= 15 is 0 Å². The van der Waals surface area contributed by atoms with Crippen molar-refractivity contribution in [3.63, 3.8) is 0 Å². The van der Waals surface area contributed by atoms with E-state index in [2.05, 4.69) is 15.3 Å². The highest BCUT2D eigenvalue weighted by atomic mass is 19.1. The first kappa shape index (κ1) is 11.7. The molecule has 1 aromatic carbocycles. The predicted octanol–water partition coefficient (Wildman–Crippen LogP) is 3.62. The van der Waals surface area contributed by atoms with Gasteiger partial charge in [-0.05, 0) is 36.8 Å². The van der Waals surface area contributed by atoms with Crippen LogP contribution >= 0.6 is 0 Å². The van der Waals surface area contributed by atoms with Crippen molar-refractivity contribution < 1.29 is 4.39 Å². The standard InChI is InChI=1S/C15H14FN3/c1-10-13(16)5-2-6-14(10)18-8-11-9-19-15-12(11)4-3-7-17-15/h2-7,9,18H,8H2,1H3,(H,17,19). The van der Waals surface area contributed by atoms with Crippen LogP contribution in [0.15, 0.2) is 42.7 Å². The molecule has 3 rings (SSSR count). The van der Waals surface area contributed by atoms with Gasteiger partial charge in [0.15, 0.2) is 0 Å². The molecule has 0 spiro atoms. The largest absolute Gasteiger partial charge is 0.381 e. The third-order valence-corrected chi connectivity index (χ3v) is 3.27. The predicted molar refractivity (Wildman–Crippen MR) is 74.6 cm³/mol. The van der Waals surface area contributed by atoms with Crippen molar-refractivity contribution in [3.8, 4) is 0 Å². The summed E-state index contributed by atoms with van der Waals surface area (Å²) in [5.74, 6) is -0.189. The van der Waals surface area contributed by atoms with Gasteiger partial charge in [0, 0.05) is 35.6 Å². The lowest BCUT2D eigenvalue weighted by Crippen LogP contribution is -2.01. The zero-order valence-electron chi connectivity index (χ0n) is 10.6. The number of hydrogen-bond acceptors (Lipinski definition) is 2. The van der Waals surface area contributed by atoms with Gasteiger partial charge in [0.1, 0.15) is 11.5 Å². The number of rotatable bonds is 3. The van der Waals surface area contributed by atoms with E-state index in [-0.39, 0.29) is 5.82 Å². The lowest BCUT2D eigenvalue weighted by Gasteiger charge is -2.09. The number of pyridine rings is 1. The fourth-order valence-electron chi connectivity index (χ4n) is 2.15. The Kier molecular flexibility index (Phi) is 2.91. The minimum absolute atomic E-state index is 0.189. The van der Waals surface area contributed by atoms with E-state index in [1.165, 1.54) is 6.07 Å². The maximum Gasteiger partial charge on any atom is 0.137 e. The summed E-state index contributed by atoms with van der Waals surface area (Å²) >= 11 is 0. The van der Waals surface area contributed by atoms with Crippen LogP contribution in [0, 0.1) is 12.7 Å². The second-order valence-corrected chi connectivity index (χ2v) is 4.48. The minimum Gasteiger partial charge on any atom is -0.381 e. The van der Waals surface area contributed by atoms with Crippen LogP contribution in [0.5, 0.6) is 0 Å². The topological polar surface area (TPSA) is 40.7 Å². The van der Waals surface area contributed by atoms with Gasteiger partial charge in [-0.25, -0.2) is 9.37 Å². The number of halogens is 1. The molecule has 2 heterocycles. The van der Waals surface area contributed by atoms with Crippen molar-refractivity contribution in [1.29, 1.82) is 0 Å². The van der Waals surface area contributed by atoms with Gasteiger partial charge in [0.25, 0.3) is 0 Å². The van der Waals surface area contributed by atoms with E-state index in [1.807, 2.05) is 24.4 Å². The Morgan fingerprint density at radius 1 is 1.26 bits per heavy atom. The van der Waals surface area contributed by atoms with E-state index in [9.17, 15) is 4.39 Å². The van der Waals surface area contributed by atoms with E-state index in [0.717, 1.165) is 22.3 Å². The van der Waals surface area contributed by atoms with Crippen molar-refractivity contribution in [3.05, 3.63) is 59.7 Å². The molecule has 4 heteroatoms. The smallest absolute Gasteiger partial charge is 0.137 e. The van der Waals surface area contributed by atoms with Gasteiger partial charge in [-0.3, -0.25) is 0 Å². The van der Waals surface area contributed by atoms with Gasteiger partial charge in [-0.1, -0.05) is 6.07 Å². The highest BCUT2D eigenvalue weighted by Gasteiger charge is 2.06. The number of fused-ring (bicyclic) bond motifs is 1. The summed E-state index contributed by atoms with van der Waals surface area (Å²) in [6.45, 7) is 2.41. The number of hydrogen-bond donors (Lipinski definition) is 2. The molecule has 0 saturated heterocycles. The van der Waals surface area contributed by atoms with Gasteiger partial charge >= 0.3 is 0 Å². The van der Waals surface area contributed by atoms with Crippen LogP contribution in [0.4, 0.5) is 10.1 Å². The fourth-order valence-corrected chi connectivity index (χ4v) is 2.15. The van der Waals surface area contributed by atoms with Crippen LogP contribution in [0.3, 0.4) is 0 Å². The van der Waals surface area contributed by atoms with E-state index in [4.69, 9.17) is 0 Å². The molecule has 0 atom stereocenters. The number of aromatic amines is 1. The summed E-state index contributed by atoms with van der Waals surface area (Å²) in [4.78, 5) is 7.37. The molecule has 0 aliphatic rings. The maximum atomic E-state index is 13.4. The normalized spacial score (nSPS) is 10.8. The summed E-state index contributed by atoms with van der Waals surface area (Å²) in [7, 11) is 0. The molecule has 0 fully saturated rings. The first-order valence-electron chi connectivity index (χ1n) is 6.15. The van der Waals surface area contributed by atoms with E-state index < -0.39 is 0 Å². The first-order chi connectivity index (χ1) is 9.25. The Labute approximate surface area is 110 Å². The third-order valence-electron chi connectivity index (χ3n) is 3.27. The third kappa shape index (κ3) is 2.17. The van der Waals surface area contributed by atoms with Gasteiger partial charge in [-0.15, -0.1) is 0 Å². The SMILES string of the molecule is Cc1c(F)cccc1NCc1c[nH]c2ncccc12. The Hall–Kier alpha value is -2.36. The molecule has 2 N–H and O–H groups in total. The van der Waals surface area contributed by atoms with Crippen LogP contribution in [0.1, 0.15) is 11.1 Å². The van der Waals surface area contributed by atoms with Gasteiger partial charge < -0.3 is 10.3 Å². The zero-order valence-corrected chi connectivity index (χ0v) is 10.6. The summed E-state index contributed by atoms with van der Waals surface area (Å²) in [6, 6.07) is 8.99. The first-order valence-corrected chi connectivity index (χ1v) is 6.15. The molecule has 2 aromatic heterocycles. The van der Waals surface area contributed by atoms with Crippen LogP contribution in [0.2, 0.25) is 0 Å². The Morgan fingerprint density at radius 2 is 2.16 bits per heavy atom. The molecule has 3 nitrogen and oxygen atoms in total. The molecular formula is C15H14FN3. The number of benzene rings is 1. The molecule has 0 aliphatic heterocycles. The van der Waals surface area contributed by atoms with Crippen molar-refractivity contribution in [2.24, 2.45) is 0 Å². The number of nitrogens with one attached hydrogen (secondary N) is 2. The van der Waals surface area contributed by atoms with Gasteiger partial charge in [0.05, 0.1) is 0 Å². The van der Waals surface area contributed by atoms with Crippen LogP contribution in [0.25, 0.3) is 11.0 Å². The van der Waals surface area contributed by atoms with Crippen LogP contribution in [-0.2, 0) is 6.54 Å². The Morgan fingerprint density at radius 3 is 3.05 bits per heavy atom. The average Bonchev–Trinajstić information content (AvgIpc) is 2.84. The Bertz CT molecular complexity index is 718. The quantitative estimate of drug-likeness (QED) is 0.750. The number of nitrogens with zero attached hydrogens (tertiary/aromatic N) is 1. The lowest BCUT2D eigenvalue weighted by atomic mass is 10.1. The highest BCUT2D eigenvalue weighted by molar-refractivity contribution is 5.79. The molecule has 0 saturated carbocycles. The molecule has 0 aliphatic carbocycles. The summed E-state index contributed by atoms with van der Waals surface area (Å²) in [5, 5.41) is 4.35. The van der Waals surface area contributed by atoms with Crippen molar-refractivity contribution in [1.82, 2.24) is 9.97 Å². The average molecular weight is 255 g/mol. The molecule has 19 heavy (non-hydrogen) atoms. The van der Waals surface area contributed by atoms with Crippen LogP contribution < -0.4 is 5.32 Å². The molecule has 0 radical (unpaired) electrons. The molecule has 3 aromatic rings. The number of H-pyrrole nitrogens is 1. The summed E-state index contributed by atoms with van der Waals surface area (Å²) in [6.07, 6.45) is 3.69. The molecule has 0 unspecified atom stereocenters. The highest BCUT2D eigenvalue weighted by Crippen LogP contribution is 2.20. The van der Waals surface area contributed by atoms with Crippen molar-refractivity contribution in [2.45, 2.75) is 13.5 Å². The van der Waals surface area contributed by atoms with E-state index in [0.29, 0.717) is 12.1 Å². The number of anilines is 1. The summed E-state index contributed by atoms with van der Waals surface area (Å²) in [5.41, 5.74) is 3.45. The van der Waals surface area contributed by atoms with Crippen LogP contribution in [-0.4, -0.2) is 9.97 Å². The lowest BCUT2D eigenvalue weighted by molar-refractivity contribution is 0.619. The maximum absolute atomic E-state index is 13.4. The molecular weight excluding hydrogens is 241 g/mol. The van der Waals surface area contributed by atoms with Gasteiger partial charge in [-0.2, -0.15) is 0 Å². The molecule has 0 bridgehead atoms. The van der Waals surface area contributed by atoms with E-state index in [1.54, 1.807) is 19.2 Å². The molecule has 96 valence electrons.